The van der Waals surface area contributed by atoms with Gasteiger partial charge in [-0.1, -0.05) is 6.42 Å². The van der Waals surface area contributed by atoms with Crippen LogP contribution in [0.3, 0.4) is 0 Å². The predicted octanol–water partition coefficient (Wildman–Crippen LogP) is 0.681. The van der Waals surface area contributed by atoms with Crippen molar-refractivity contribution in [1.82, 2.24) is 14.3 Å². The summed E-state index contributed by atoms with van der Waals surface area (Å²) in [6.45, 7) is 2.57. The lowest BCUT2D eigenvalue weighted by molar-refractivity contribution is 0.255. The van der Waals surface area contributed by atoms with Crippen LogP contribution in [0.4, 0.5) is 0 Å². The second kappa shape index (κ2) is 5.94. The third-order valence-electron chi connectivity index (χ3n) is 3.62. The Labute approximate surface area is 114 Å². The number of hydrogen-bond donors (Lipinski definition) is 1. The molecule has 1 aliphatic heterocycles. The van der Waals surface area contributed by atoms with Gasteiger partial charge in [-0.15, -0.1) is 0 Å². The largest absolute Gasteiger partial charge is 0.329 e. The van der Waals surface area contributed by atoms with Crippen LogP contribution in [0.2, 0.25) is 0 Å². The van der Waals surface area contributed by atoms with Crippen molar-refractivity contribution in [1.29, 1.82) is 0 Å². The average molecular weight is 284 g/mol. The van der Waals surface area contributed by atoms with Gasteiger partial charge in [-0.25, -0.2) is 8.42 Å². The van der Waals surface area contributed by atoms with Crippen LogP contribution in [-0.4, -0.2) is 41.8 Å². The summed E-state index contributed by atoms with van der Waals surface area (Å²) in [5, 5.41) is -0.687. The first kappa shape index (κ1) is 14.4. The molecule has 7 heteroatoms. The molecule has 0 spiro atoms. The molecule has 2 unspecified atom stereocenters. The Morgan fingerprint density at radius 3 is 2.89 bits per heavy atom. The number of hydrogen-bond acceptors (Lipinski definition) is 5. The monoisotopic (exact) mass is 284 g/mol. The molecule has 0 radical (unpaired) electrons. The zero-order valence-electron chi connectivity index (χ0n) is 11.1. The van der Waals surface area contributed by atoms with Crippen LogP contribution < -0.4 is 5.73 Å². The van der Waals surface area contributed by atoms with Gasteiger partial charge in [0, 0.05) is 37.7 Å². The molecule has 2 heterocycles. The molecular formula is C12H20N4O2S. The third kappa shape index (κ3) is 2.93. The van der Waals surface area contributed by atoms with Crippen LogP contribution in [0.25, 0.3) is 0 Å². The van der Waals surface area contributed by atoms with Gasteiger partial charge < -0.3 is 5.73 Å². The predicted molar refractivity (Wildman–Crippen MR) is 72.8 cm³/mol. The van der Waals surface area contributed by atoms with Crippen molar-refractivity contribution in [3.8, 4) is 0 Å². The summed E-state index contributed by atoms with van der Waals surface area (Å²) < 4.78 is 26.9. The Morgan fingerprint density at radius 2 is 2.26 bits per heavy atom. The minimum atomic E-state index is -3.43. The highest BCUT2D eigenvalue weighted by Crippen LogP contribution is 2.28. The van der Waals surface area contributed by atoms with E-state index in [-0.39, 0.29) is 6.04 Å². The molecule has 1 fully saturated rings. The van der Waals surface area contributed by atoms with Crippen molar-refractivity contribution in [3.05, 3.63) is 24.3 Å². The fourth-order valence-electron chi connectivity index (χ4n) is 2.42. The van der Waals surface area contributed by atoms with Gasteiger partial charge in [0.1, 0.15) is 5.25 Å². The molecule has 0 amide bonds. The Morgan fingerprint density at radius 1 is 1.47 bits per heavy atom. The first-order valence-corrected chi connectivity index (χ1v) is 8.04. The van der Waals surface area contributed by atoms with Crippen LogP contribution >= 0.6 is 0 Å². The van der Waals surface area contributed by atoms with Crippen LogP contribution in [-0.2, 0) is 10.0 Å². The molecule has 1 aromatic heterocycles. The molecular weight excluding hydrogens is 264 g/mol. The number of nitrogens with two attached hydrogens (primary N) is 1. The van der Waals surface area contributed by atoms with Crippen molar-refractivity contribution in [2.24, 2.45) is 5.73 Å². The molecule has 6 nitrogen and oxygen atoms in total. The Balaban J connectivity index is 2.26. The van der Waals surface area contributed by atoms with E-state index in [1.165, 1.54) is 18.6 Å². The van der Waals surface area contributed by atoms with Gasteiger partial charge >= 0.3 is 0 Å². The van der Waals surface area contributed by atoms with Crippen molar-refractivity contribution in [2.75, 3.05) is 13.1 Å². The van der Waals surface area contributed by atoms with Gasteiger partial charge in [0.15, 0.2) is 0 Å². The number of aromatic nitrogens is 2. The van der Waals surface area contributed by atoms with E-state index in [1.807, 2.05) is 0 Å². The Kier molecular flexibility index (Phi) is 4.49. The zero-order valence-corrected chi connectivity index (χ0v) is 11.9. The van der Waals surface area contributed by atoms with E-state index in [4.69, 9.17) is 5.73 Å². The molecule has 2 rings (SSSR count). The maximum atomic E-state index is 12.7. The van der Waals surface area contributed by atoms with E-state index >= 15 is 0 Å². The first-order valence-electron chi connectivity index (χ1n) is 6.54. The summed E-state index contributed by atoms with van der Waals surface area (Å²) in [5.41, 5.74) is 6.17. The molecule has 1 aliphatic rings. The third-order valence-corrected chi connectivity index (χ3v) is 5.89. The lowest BCUT2D eigenvalue weighted by Gasteiger charge is -2.35. The molecule has 1 saturated heterocycles. The molecule has 0 aliphatic carbocycles. The van der Waals surface area contributed by atoms with Crippen molar-refractivity contribution < 1.29 is 8.42 Å². The standard InChI is InChI=1S/C12H20N4O2S/c1-10(12-9-14-5-6-15-12)19(17,18)16-7-3-2-4-11(16)8-13/h5-6,9-11H,2-4,7-8,13H2,1H3. The number of sulfonamides is 1. The highest BCUT2D eigenvalue weighted by molar-refractivity contribution is 7.89. The summed E-state index contributed by atoms with van der Waals surface area (Å²) in [5.74, 6) is 0. The fraction of sp³-hybridized carbons (Fsp3) is 0.667. The topological polar surface area (TPSA) is 89.2 Å². The lowest BCUT2D eigenvalue weighted by Crippen LogP contribution is -2.48. The second-order valence-electron chi connectivity index (χ2n) is 4.81. The Bertz CT molecular complexity index is 506. The highest BCUT2D eigenvalue weighted by atomic mass is 32.2. The quantitative estimate of drug-likeness (QED) is 0.878. The molecule has 0 bridgehead atoms. The maximum Gasteiger partial charge on any atom is 0.222 e. The van der Waals surface area contributed by atoms with Gasteiger partial charge in [0.25, 0.3) is 0 Å². The van der Waals surface area contributed by atoms with Crippen molar-refractivity contribution in [2.45, 2.75) is 37.5 Å². The molecule has 106 valence electrons. The highest BCUT2D eigenvalue weighted by Gasteiger charge is 2.36. The van der Waals surface area contributed by atoms with E-state index in [0.717, 1.165) is 19.3 Å². The van der Waals surface area contributed by atoms with Crippen LogP contribution in [0.5, 0.6) is 0 Å². The van der Waals surface area contributed by atoms with Gasteiger partial charge in [-0.2, -0.15) is 4.31 Å². The van der Waals surface area contributed by atoms with Crippen molar-refractivity contribution in [3.63, 3.8) is 0 Å². The summed E-state index contributed by atoms with van der Waals surface area (Å²) in [7, 11) is -3.43. The van der Waals surface area contributed by atoms with Gasteiger partial charge in [-0.3, -0.25) is 9.97 Å². The molecule has 19 heavy (non-hydrogen) atoms. The van der Waals surface area contributed by atoms with Gasteiger partial charge in [-0.05, 0) is 19.8 Å². The van der Waals surface area contributed by atoms with E-state index in [1.54, 1.807) is 11.2 Å². The Hall–Kier alpha value is -1.05. The number of nitrogens with zero attached hydrogens (tertiary/aromatic N) is 3. The molecule has 2 atom stereocenters. The van der Waals surface area contributed by atoms with Crippen LogP contribution in [0, 0.1) is 0 Å². The van der Waals surface area contributed by atoms with E-state index in [9.17, 15) is 8.42 Å². The summed E-state index contributed by atoms with van der Waals surface area (Å²) in [4.78, 5) is 8.02. The summed E-state index contributed by atoms with van der Waals surface area (Å²) in [6.07, 6.45) is 7.31. The average Bonchev–Trinajstić information content (AvgIpc) is 2.47. The normalized spacial score (nSPS) is 23.2. The minimum absolute atomic E-state index is 0.0853. The van der Waals surface area contributed by atoms with E-state index in [0.29, 0.717) is 18.8 Å². The fourth-order valence-corrected chi connectivity index (χ4v) is 4.24. The second-order valence-corrected chi connectivity index (χ2v) is 7.02. The minimum Gasteiger partial charge on any atom is -0.329 e. The smallest absolute Gasteiger partial charge is 0.222 e. The van der Waals surface area contributed by atoms with Crippen LogP contribution in [0.15, 0.2) is 18.6 Å². The molecule has 1 aromatic rings. The molecule has 0 saturated carbocycles. The number of rotatable bonds is 4. The SMILES string of the molecule is CC(c1cnccn1)S(=O)(=O)N1CCCCC1CN. The van der Waals surface area contributed by atoms with Gasteiger partial charge in [0.05, 0.1) is 5.69 Å². The van der Waals surface area contributed by atoms with Crippen molar-refractivity contribution >= 4 is 10.0 Å². The summed E-state index contributed by atoms with van der Waals surface area (Å²) in [6, 6.07) is -0.0853. The van der Waals surface area contributed by atoms with Crippen LogP contribution in [0.1, 0.15) is 37.1 Å². The van der Waals surface area contributed by atoms with E-state index in [2.05, 4.69) is 9.97 Å². The van der Waals surface area contributed by atoms with E-state index < -0.39 is 15.3 Å². The lowest BCUT2D eigenvalue weighted by atomic mass is 10.1. The molecule has 0 aromatic carbocycles. The van der Waals surface area contributed by atoms with Gasteiger partial charge in [0.2, 0.25) is 10.0 Å². The first-order chi connectivity index (χ1) is 9.07. The summed E-state index contributed by atoms with van der Waals surface area (Å²) >= 11 is 0. The molecule has 2 N–H and O–H groups in total. The number of piperidine rings is 1. The zero-order chi connectivity index (χ0) is 13.9. The maximum absolute atomic E-state index is 12.7.